The minimum absolute atomic E-state index is 0. The molecule has 4 aromatic rings. The molecule has 0 aliphatic carbocycles. The van der Waals surface area contributed by atoms with Gasteiger partial charge < -0.3 is 4.65 Å². The first-order valence-electron chi connectivity index (χ1n) is 9.59. The van der Waals surface area contributed by atoms with E-state index in [0.717, 1.165) is 0 Å². The van der Waals surface area contributed by atoms with Gasteiger partial charge in [-0.15, -0.1) is 59.3 Å². The summed E-state index contributed by atoms with van der Waals surface area (Å²) in [7, 11) is -2.21. The van der Waals surface area contributed by atoms with Gasteiger partial charge in [0, 0.05) is 0 Å². The van der Waals surface area contributed by atoms with E-state index < -0.39 is 16.5 Å². The van der Waals surface area contributed by atoms with Crippen LogP contribution in [-0.2, 0) is 25.8 Å². The molecule has 0 radical (unpaired) electrons. The van der Waals surface area contributed by atoms with Gasteiger partial charge in [0.25, 0.3) is 0 Å². The van der Waals surface area contributed by atoms with E-state index in [1.165, 1.54) is 21.5 Å². The predicted octanol–water partition coefficient (Wildman–Crippen LogP) is 8.14. The maximum Gasteiger partial charge on any atom is 3.00 e. The minimum atomic E-state index is -1.11. The number of hydrogen-bond acceptors (Lipinski definition) is 0. The summed E-state index contributed by atoms with van der Waals surface area (Å²) in [5.74, 6) is 0. The van der Waals surface area contributed by atoms with Gasteiger partial charge in [-0.1, -0.05) is 67.9 Å². The number of nitrogens with zero attached hydrogens (tertiary/aromatic N) is 1. The molecule has 0 amide bonds. The Morgan fingerprint density at radius 2 is 0.929 bits per heavy atom. The molecule has 0 aliphatic rings. The van der Waals surface area contributed by atoms with E-state index >= 15 is 0 Å². The van der Waals surface area contributed by atoms with Crippen molar-refractivity contribution in [2.75, 3.05) is 0 Å². The number of fused-ring (bicyclic) bond motifs is 2. The number of benzene rings is 2. The van der Waals surface area contributed by atoms with Crippen LogP contribution >= 0.6 is 0 Å². The van der Waals surface area contributed by atoms with E-state index in [1.54, 1.807) is 0 Å². The van der Waals surface area contributed by atoms with Gasteiger partial charge in [0.2, 0.25) is 0 Å². The molecule has 0 fully saturated rings. The van der Waals surface area contributed by atoms with Gasteiger partial charge in [0.1, 0.15) is 0 Å². The van der Waals surface area contributed by atoms with Gasteiger partial charge in [0.05, 0.1) is 0 Å². The van der Waals surface area contributed by atoms with Crippen molar-refractivity contribution in [3.8, 4) is 0 Å². The Hall–Kier alpha value is -1.08. The summed E-state index contributed by atoms with van der Waals surface area (Å²) >= 11 is 0. The molecule has 0 atom stereocenters. The van der Waals surface area contributed by atoms with Gasteiger partial charge in [-0.2, -0.15) is 35.0 Å². The second kappa shape index (κ2) is 11.2. The maximum atomic E-state index is 4.82. The van der Waals surface area contributed by atoms with Crippen LogP contribution in [0.4, 0.5) is 0 Å². The molecule has 0 saturated carbocycles. The van der Waals surface area contributed by atoms with Crippen LogP contribution in [0.1, 0.15) is 0 Å². The molecule has 0 saturated heterocycles. The molecule has 4 rings (SSSR count). The van der Waals surface area contributed by atoms with E-state index in [4.69, 9.17) is 4.65 Å². The van der Waals surface area contributed by atoms with Crippen molar-refractivity contribution in [3.05, 3.63) is 89.6 Å². The molecule has 0 spiro atoms. The van der Waals surface area contributed by atoms with E-state index in [9.17, 15) is 0 Å². The van der Waals surface area contributed by atoms with Crippen molar-refractivity contribution in [3.63, 3.8) is 0 Å². The fourth-order valence-electron chi connectivity index (χ4n) is 3.15. The van der Waals surface area contributed by atoms with Gasteiger partial charge in [0.15, 0.2) is 0 Å². The number of hydrogen-bond donors (Lipinski definition) is 0. The average molecular weight is 436 g/mol. The largest absolute Gasteiger partial charge is 3.00 e. The Balaban J connectivity index is 0.000000206. The quantitative estimate of drug-likeness (QED) is 0.223. The van der Waals surface area contributed by atoms with Crippen LogP contribution in [0.15, 0.2) is 84.9 Å². The van der Waals surface area contributed by atoms with Crippen molar-refractivity contribution in [1.82, 2.24) is 0 Å². The summed E-state index contributed by atoms with van der Waals surface area (Å²) in [6.45, 7) is 13.8. The molecule has 144 valence electrons. The van der Waals surface area contributed by atoms with Gasteiger partial charge in [-0.3, -0.25) is 0 Å². The first kappa shape index (κ1) is 25.0. The molecule has 0 N–H and O–H groups in total. The predicted molar refractivity (Wildman–Crippen MR) is 129 cm³/mol. The summed E-state index contributed by atoms with van der Waals surface area (Å²) in [5, 5.41) is 5.32. The van der Waals surface area contributed by atoms with E-state index in [2.05, 4.69) is 124 Å². The van der Waals surface area contributed by atoms with Crippen molar-refractivity contribution < 1.29 is 25.8 Å². The third kappa shape index (κ3) is 9.42. The van der Waals surface area contributed by atoms with E-state index in [1.807, 2.05) is 0 Å². The molecule has 0 heterocycles. The molecule has 1 nitrogen and oxygen atoms in total. The van der Waals surface area contributed by atoms with Crippen LogP contribution in [0.5, 0.6) is 0 Å². The number of rotatable bonds is 2. The van der Waals surface area contributed by atoms with Crippen LogP contribution in [0.25, 0.3) is 26.2 Å². The molecule has 4 heteroatoms. The zero-order valence-electron chi connectivity index (χ0n) is 18.1. The average Bonchev–Trinajstić information content (AvgIpc) is 3.21. The second-order valence-electron chi connectivity index (χ2n) is 8.76. The van der Waals surface area contributed by atoms with Crippen molar-refractivity contribution >= 4 is 38.0 Å². The first-order chi connectivity index (χ1) is 12.6. The van der Waals surface area contributed by atoms with Crippen LogP contribution in [-0.4, -0.2) is 16.5 Å². The third-order valence-corrected chi connectivity index (χ3v) is 9.13. The summed E-state index contributed by atoms with van der Waals surface area (Å²) in [5.41, 5.74) is 0. The standard InChI is InChI=1S/2C9H7.C6H18NSi2.Sc/c2*1-2-5-9-7-3-6-8(9)4-1;1-8(2,3)7-9(4,5)6;/h2*1-7H;1-6H3;/q3*-1;+3. The van der Waals surface area contributed by atoms with Crippen LogP contribution in [0.2, 0.25) is 39.3 Å². The monoisotopic (exact) mass is 435 g/mol. The zero-order valence-corrected chi connectivity index (χ0v) is 21.9. The molecule has 0 unspecified atom stereocenters. The smallest absolute Gasteiger partial charge is 0.668 e. The SMILES string of the molecule is C[Si](C)(C)[N-][Si](C)(C)C.[Sc+3].c1ccc2[cH-]ccc2c1.c1ccc2[cH-]ccc2c1. The van der Waals surface area contributed by atoms with Gasteiger partial charge in [-0.25, -0.2) is 0 Å². The van der Waals surface area contributed by atoms with E-state index in [-0.39, 0.29) is 25.8 Å². The van der Waals surface area contributed by atoms with Crippen LogP contribution < -0.4 is 0 Å². The summed E-state index contributed by atoms with van der Waals surface area (Å²) in [4.78, 5) is 0. The molecule has 0 aromatic heterocycles. The summed E-state index contributed by atoms with van der Waals surface area (Å²) in [6, 6.07) is 29.3. The Kier molecular flexibility index (Phi) is 9.98. The Bertz CT molecular complexity index is 804. The fourth-order valence-corrected chi connectivity index (χ4v) is 11.2. The molecule has 4 aromatic carbocycles. The minimum Gasteiger partial charge on any atom is -0.668 e. The van der Waals surface area contributed by atoms with Gasteiger partial charge in [-0.05, 0) is 0 Å². The topological polar surface area (TPSA) is 14.1 Å². The third-order valence-electron chi connectivity index (χ3n) is 3.77. The second-order valence-corrected chi connectivity index (χ2v) is 18.3. The van der Waals surface area contributed by atoms with Crippen molar-refractivity contribution in [1.29, 1.82) is 0 Å². The summed E-state index contributed by atoms with van der Waals surface area (Å²) < 4.78 is 4.82. The Labute approximate surface area is 191 Å². The van der Waals surface area contributed by atoms with Crippen molar-refractivity contribution in [2.24, 2.45) is 0 Å². The molecule has 28 heavy (non-hydrogen) atoms. The normalized spacial score (nSPS) is 11.1. The molecular weight excluding hydrogens is 403 g/mol. The fraction of sp³-hybridized carbons (Fsp3) is 0.250. The first-order valence-corrected chi connectivity index (χ1v) is 16.5. The Morgan fingerprint density at radius 1 is 0.571 bits per heavy atom. The summed E-state index contributed by atoms with van der Waals surface area (Å²) in [6.07, 6.45) is 0. The van der Waals surface area contributed by atoms with Crippen molar-refractivity contribution in [2.45, 2.75) is 39.3 Å². The molecule has 0 bridgehead atoms. The van der Waals surface area contributed by atoms with Gasteiger partial charge >= 0.3 is 25.8 Å². The maximum absolute atomic E-state index is 4.82. The molecule has 0 aliphatic heterocycles. The zero-order chi connectivity index (χ0) is 19.9. The van der Waals surface area contributed by atoms with Crippen LogP contribution in [0, 0.1) is 0 Å². The van der Waals surface area contributed by atoms with Crippen LogP contribution in [0.3, 0.4) is 0 Å². The molecular formula is C24H32NScSi2. The van der Waals surface area contributed by atoms with E-state index in [0.29, 0.717) is 0 Å². The Morgan fingerprint density at radius 3 is 1.21 bits per heavy atom.